The summed E-state index contributed by atoms with van der Waals surface area (Å²) < 4.78 is 43.5. The molecular weight excluding hydrogens is 540 g/mol. The molecule has 6 rings (SSSR count). The Morgan fingerprint density at radius 1 is 1.07 bits per heavy atom. The third-order valence-electron chi connectivity index (χ3n) is 8.11. The lowest BCUT2D eigenvalue weighted by Gasteiger charge is -2.22. The van der Waals surface area contributed by atoms with Gasteiger partial charge >= 0.3 is 0 Å². The fraction of sp³-hybridized carbons (Fsp3) is 0.333. The monoisotopic (exact) mass is 573 g/mol. The normalized spacial score (nSPS) is 14.3. The summed E-state index contributed by atoms with van der Waals surface area (Å²) in [6.07, 6.45) is 7.85. The van der Waals surface area contributed by atoms with Gasteiger partial charge in [-0.15, -0.1) is 0 Å². The van der Waals surface area contributed by atoms with Crippen LogP contribution in [0.4, 0.5) is 8.78 Å². The van der Waals surface area contributed by atoms with E-state index in [-0.39, 0.29) is 22.5 Å². The molecule has 0 unspecified atom stereocenters. The first kappa shape index (κ1) is 27.9. The number of hydrogen-bond acceptors (Lipinski definition) is 5. The van der Waals surface area contributed by atoms with Crippen molar-refractivity contribution < 1.29 is 23.0 Å². The Morgan fingerprint density at radius 3 is 2.43 bits per heavy atom. The van der Waals surface area contributed by atoms with Crippen molar-refractivity contribution in [2.45, 2.75) is 64.9 Å². The van der Waals surface area contributed by atoms with E-state index < -0.39 is 17.2 Å². The zero-order chi connectivity index (χ0) is 29.9. The molecule has 0 aliphatic heterocycles. The molecule has 3 heterocycles. The van der Waals surface area contributed by atoms with Crippen LogP contribution in [0.25, 0.3) is 33.6 Å². The minimum atomic E-state index is -1.51. The van der Waals surface area contributed by atoms with Crippen molar-refractivity contribution in [3.05, 3.63) is 87.2 Å². The molecule has 1 aliphatic carbocycles. The second-order valence-electron chi connectivity index (χ2n) is 11.8. The van der Waals surface area contributed by atoms with Crippen LogP contribution in [0.15, 0.2) is 51.9 Å². The summed E-state index contributed by atoms with van der Waals surface area (Å²) in [4.78, 5) is 21.2. The maximum absolute atomic E-state index is 15.4. The van der Waals surface area contributed by atoms with Gasteiger partial charge in [0.2, 0.25) is 0 Å². The Labute approximate surface area is 241 Å². The van der Waals surface area contributed by atoms with Crippen molar-refractivity contribution in [2.75, 3.05) is 0 Å². The van der Waals surface area contributed by atoms with E-state index in [0.717, 1.165) is 18.7 Å². The summed E-state index contributed by atoms with van der Waals surface area (Å²) >= 11 is 0. The number of ether oxygens (including phenoxy) is 1. The molecular formula is C33H33F2N3O4. The smallest absolute Gasteiger partial charge is 0.261 e. The van der Waals surface area contributed by atoms with E-state index in [2.05, 4.69) is 9.97 Å². The number of rotatable bonds is 6. The highest BCUT2D eigenvalue weighted by molar-refractivity contribution is 5.95. The van der Waals surface area contributed by atoms with Gasteiger partial charge in [0.25, 0.3) is 5.56 Å². The van der Waals surface area contributed by atoms with E-state index in [1.807, 2.05) is 0 Å². The zero-order valence-corrected chi connectivity index (χ0v) is 24.3. The van der Waals surface area contributed by atoms with Crippen LogP contribution in [0.1, 0.15) is 68.0 Å². The van der Waals surface area contributed by atoms with Crippen molar-refractivity contribution in [3.63, 3.8) is 0 Å². The van der Waals surface area contributed by atoms with Crippen LogP contribution in [0.2, 0.25) is 0 Å². The van der Waals surface area contributed by atoms with Crippen molar-refractivity contribution in [3.8, 4) is 34.1 Å². The number of imidazole rings is 1. The number of aromatic nitrogens is 3. The average Bonchev–Trinajstić information content (AvgIpc) is 3.68. The Balaban J connectivity index is 1.56. The molecule has 218 valence electrons. The van der Waals surface area contributed by atoms with Crippen LogP contribution in [-0.4, -0.2) is 19.6 Å². The number of furan rings is 1. The first-order valence-electron chi connectivity index (χ1n) is 14.1. The molecule has 3 aromatic heterocycles. The molecule has 0 amide bonds. The molecule has 1 saturated carbocycles. The number of benzene rings is 2. The third-order valence-corrected chi connectivity index (χ3v) is 8.11. The lowest BCUT2D eigenvalue weighted by Crippen LogP contribution is -2.18. The quantitative estimate of drug-likeness (QED) is 0.217. The number of fused-ring (bicyclic) bond motifs is 1. The fourth-order valence-electron chi connectivity index (χ4n) is 5.93. The predicted molar refractivity (Wildman–Crippen MR) is 157 cm³/mol. The van der Waals surface area contributed by atoms with Gasteiger partial charge < -0.3 is 23.8 Å². The summed E-state index contributed by atoms with van der Waals surface area (Å²) in [5.41, 5.74) is 1.14. The van der Waals surface area contributed by atoms with Crippen molar-refractivity contribution in [1.82, 2.24) is 14.5 Å². The molecule has 1 aliphatic rings. The minimum Gasteiger partial charge on any atom is -0.456 e. The van der Waals surface area contributed by atoms with Gasteiger partial charge in [-0.1, -0.05) is 12.8 Å². The number of halogens is 2. The van der Waals surface area contributed by atoms with E-state index in [1.165, 1.54) is 55.5 Å². The largest absolute Gasteiger partial charge is 0.456 e. The molecule has 2 N–H and O–H groups in total. The molecule has 7 nitrogen and oxygen atoms in total. The summed E-state index contributed by atoms with van der Waals surface area (Å²) in [5, 5.41) is 11.1. The van der Waals surface area contributed by atoms with Gasteiger partial charge in [-0.3, -0.25) is 4.79 Å². The number of aliphatic hydroxyl groups is 1. The van der Waals surface area contributed by atoms with Crippen LogP contribution >= 0.6 is 0 Å². The van der Waals surface area contributed by atoms with Gasteiger partial charge in [0.05, 0.1) is 17.2 Å². The molecule has 0 radical (unpaired) electrons. The third kappa shape index (κ3) is 4.91. The van der Waals surface area contributed by atoms with E-state index in [0.29, 0.717) is 50.8 Å². The maximum atomic E-state index is 15.4. The standard InChI is InChI=1S/C33H33F2N3O4/c1-17-10-20(34)11-18(2)29(17)41-27-14-25(35)24(33(3,4)40)12-21(27)23-16-38(5)32(39)22-13-28(42-30(22)23)26-15-36-31(37-26)19-8-6-7-9-19/h10-16,19,40H,6-9H2,1-5H3,(H,36,37). The van der Waals surface area contributed by atoms with Gasteiger partial charge in [0.1, 0.15) is 40.2 Å². The Bertz CT molecular complexity index is 1870. The number of nitrogens with one attached hydrogen (secondary N) is 1. The summed E-state index contributed by atoms with van der Waals surface area (Å²) in [6.45, 7) is 6.40. The predicted octanol–water partition coefficient (Wildman–Crippen LogP) is 7.76. The Hall–Kier alpha value is -4.24. The van der Waals surface area contributed by atoms with Crippen LogP contribution in [0.3, 0.4) is 0 Å². The lowest BCUT2D eigenvalue weighted by atomic mass is 9.93. The van der Waals surface area contributed by atoms with E-state index >= 15 is 4.39 Å². The number of nitrogens with zero attached hydrogens (tertiary/aromatic N) is 2. The molecule has 0 spiro atoms. The maximum Gasteiger partial charge on any atom is 0.261 e. The second-order valence-corrected chi connectivity index (χ2v) is 11.8. The van der Waals surface area contributed by atoms with E-state index in [9.17, 15) is 14.3 Å². The summed E-state index contributed by atoms with van der Waals surface area (Å²) in [5.74, 6) is 1.17. The molecule has 0 bridgehead atoms. The molecule has 0 saturated heterocycles. The van der Waals surface area contributed by atoms with Gasteiger partial charge in [0.15, 0.2) is 5.76 Å². The van der Waals surface area contributed by atoms with Crippen LogP contribution in [-0.2, 0) is 12.6 Å². The van der Waals surface area contributed by atoms with Gasteiger partial charge in [-0.25, -0.2) is 13.8 Å². The van der Waals surface area contributed by atoms with E-state index in [1.54, 1.807) is 39.4 Å². The van der Waals surface area contributed by atoms with Crippen molar-refractivity contribution in [1.29, 1.82) is 0 Å². The zero-order valence-electron chi connectivity index (χ0n) is 24.3. The molecule has 42 heavy (non-hydrogen) atoms. The highest BCUT2D eigenvalue weighted by Gasteiger charge is 2.27. The number of H-pyrrole nitrogens is 1. The SMILES string of the molecule is Cc1cc(F)cc(C)c1Oc1cc(F)c(C(C)(C)O)cc1-c1cn(C)c(=O)c2cc(-c3cnc(C4CCCC4)[nH]3)oc12. The summed E-state index contributed by atoms with van der Waals surface area (Å²) in [7, 11) is 1.63. The van der Waals surface area contributed by atoms with Gasteiger partial charge in [-0.05, 0) is 75.9 Å². The van der Waals surface area contributed by atoms with Crippen LogP contribution in [0, 0.1) is 25.5 Å². The van der Waals surface area contributed by atoms with Crippen molar-refractivity contribution in [2.24, 2.45) is 7.05 Å². The summed E-state index contributed by atoms with van der Waals surface area (Å²) in [6, 6.07) is 7.08. The van der Waals surface area contributed by atoms with Crippen molar-refractivity contribution >= 4 is 11.0 Å². The average molecular weight is 574 g/mol. The Morgan fingerprint density at radius 2 is 1.76 bits per heavy atom. The molecule has 2 aromatic carbocycles. The first-order valence-corrected chi connectivity index (χ1v) is 14.1. The molecule has 0 atom stereocenters. The van der Waals surface area contributed by atoms with Crippen LogP contribution < -0.4 is 10.3 Å². The number of hydrogen-bond donors (Lipinski definition) is 2. The topological polar surface area (TPSA) is 93.3 Å². The second kappa shape index (κ2) is 10.2. The molecule has 5 aromatic rings. The van der Waals surface area contributed by atoms with Gasteiger partial charge in [-0.2, -0.15) is 0 Å². The first-order chi connectivity index (χ1) is 19.9. The molecule has 1 fully saturated rings. The van der Waals surface area contributed by atoms with Gasteiger partial charge in [0, 0.05) is 41.9 Å². The number of pyridine rings is 1. The highest BCUT2D eigenvalue weighted by Crippen LogP contribution is 2.43. The number of aryl methyl sites for hydroxylation is 3. The number of aromatic amines is 1. The molecule has 9 heteroatoms. The fourth-order valence-corrected chi connectivity index (χ4v) is 5.93. The minimum absolute atomic E-state index is 0.0426. The van der Waals surface area contributed by atoms with E-state index in [4.69, 9.17) is 9.15 Å². The van der Waals surface area contributed by atoms with Crippen LogP contribution in [0.5, 0.6) is 11.5 Å². The Kier molecular flexibility index (Phi) is 6.80. The highest BCUT2D eigenvalue weighted by atomic mass is 19.1. The lowest BCUT2D eigenvalue weighted by molar-refractivity contribution is 0.0745.